The van der Waals surface area contributed by atoms with E-state index in [1.165, 1.54) is 7.11 Å². The number of para-hydroxylation sites is 1. The molecule has 0 aliphatic carbocycles. The van der Waals surface area contributed by atoms with Crippen LogP contribution >= 0.6 is 0 Å². The Morgan fingerprint density at radius 1 is 1.41 bits per heavy atom. The summed E-state index contributed by atoms with van der Waals surface area (Å²) in [6.45, 7) is 2.05. The Labute approximate surface area is 102 Å². The second-order valence-corrected chi connectivity index (χ2v) is 5.66. The summed E-state index contributed by atoms with van der Waals surface area (Å²) in [4.78, 5) is 0. The SMILES string of the molecule is COC(C)CNS(=O)(=O)Cc1ccccc1N. The first-order valence-corrected chi connectivity index (χ1v) is 6.93. The highest BCUT2D eigenvalue weighted by Gasteiger charge is 2.14. The number of methoxy groups -OCH3 is 1. The molecule has 0 heterocycles. The van der Waals surface area contributed by atoms with Gasteiger partial charge in [-0.05, 0) is 18.6 Å². The topological polar surface area (TPSA) is 81.4 Å². The Morgan fingerprint density at radius 2 is 2.06 bits per heavy atom. The molecule has 1 atom stereocenters. The molecule has 5 nitrogen and oxygen atoms in total. The first-order valence-electron chi connectivity index (χ1n) is 5.28. The summed E-state index contributed by atoms with van der Waals surface area (Å²) < 4.78 is 30.9. The number of nitrogens with one attached hydrogen (secondary N) is 1. The molecule has 1 aromatic rings. The number of benzene rings is 1. The van der Waals surface area contributed by atoms with Crippen LogP contribution in [0.25, 0.3) is 0 Å². The van der Waals surface area contributed by atoms with Crippen LogP contribution in [0.5, 0.6) is 0 Å². The van der Waals surface area contributed by atoms with Gasteiger partial charge in [0, 0.05) is 19.3 Å². The molecule has 1 rings (SSSR count). The average molecular weight is 258 g/mol. The van der Waals surface area contributed by atoms with Crippen molar-refractivity contribution in [3.05, 3.63) is 29.8 Å². The Hall–Kier alpha value is -1.11. The Kier molecular flexibility index (Phi) is 4.92. The molecule has 1 unspecified atom stereocenters. The lowest BCUT2D eigenvalue weighted by molar-refractivity contribution is 0.122. The maximum Gasteiger partial charge on any atom is 0.215 e. The van der Waals surface area contributed by atoms with Crippen LogP contribution in [0.15, 0.2) is 24.3 Å². The van der Waals surface area contributed by atoms with Crippen molar-refractivity contribution in [2.24, 2.45) is 0 Å². The van der Waals surface area contributed by atoms with Gasteiger partial charge in [0.1, 0.15) is 0 Å². The summed E-state index contributed by atoms with van der Waals surface area (Å²) in [7, 11) is -1.84. The molecular formula is C11H18N2O3S. The molecule has 0 radical (unpaired) electrons. The highest BCUT2D eigenvalue weighted by Crippen LogP contribution is 2.13. The minimum Gasteiger partial charge on any atom is -0.398 e. The molecule has 0 aromatic heterocycles. The molecule has 0 bridgehead atoms. The number of rotatable bonds is 6. The van der Waals surface area contributed by atoms with Crippen LogP contribution in [0, 0.1) is 0 Å². The van der Waals surface area contributed by atoms with E-state index in [-0.39, 0.29) is 18.4 Å². The number of nitrogen functional groups attached to an aromatic ring is 1. The van der Waals surface area contributed by atoms with Gasteiger partial charge in [0.25, 0.3) is 0 Å². The molecule has 0 aliphatic heterocycles. The first-order chi connectivity index (χ1) is 7.94. The van der Waals surface area contributed by atoms with Crippen LogP contribution < -0.4 is 10.5 Å². The number of hydrogen-bond donors (Lipinski definition) is 2. The van der Waals surface area contributed by atoms with E-state index in [0.717, 1.165) is 0 Å². The maximum atomic E-state index is 11.8. The van der Waals surface area contributed by atoms with Gasteiger partial charge < -0.3 is 10.5 Å². The fourth-order valence-corrected chi connectivity index (χ4v) is 2.51. The van der Waals surface area contributed by atoms with Crippen molar-refractivity contribution in [2.75, 3.05) is 19.4 Å². The molecule has 0 aliphatic rings. The minimum absolute atomic E-state index is 0.115. The Bertz CT molecular complexity index is 460. The lowest BCUT2D eigenvalue weighted by Crippen LogP contribution is -2.32. The van der Waals surface area contributed by atoms with Crippen molar-refractivity contribution in [2.45, 2.75) is 18.8 Å². The lowest BCUT2D eigenvalue weighted by atomic mass is 10.2. The second kappa shape index (κ2) is 6.00. The molecule has 0 amide bonds. The number of ether oxygens (including phenoxy) is 1. The molecule has 1 aromatic carbocycles. The summed E-state index contributed by atoms with van der Waals surface area (Å²) >= 11 is 0. The number of hydrogen-bond acceptors (Lipinski definition) is 4. The highest BCUT2D eigenvalue weighted by atomic mass is 32.2. The average Bonchev–Trinajstić information content (AvgIpc) is 2.29. The van der Waals surface area contributed by atoms with E-state index in [4.69, 9.17) is 10.5 Å². The van der Waals surface area contributed by atoms with Crippen molar-refractivity contribution >= 4 is 15.7 Å². The largest absolute Gasteiger partial charge is 0.398 e. The summed E-state index contributed by atoms with van der Waals surface area (Å²) in [6, 6.07) is 6.92. The maximum absolute atomic E-state index is 11.8. The van der Waals surface area contributed by atoms with Crippen LogP contribution in [0.3, 0.4) is 0 Å². The van der Waals surface area contributed by atoms with Gasteiger partial charge in [-0.25, -0.2) is 13.1 Å². The van der Waals surface area contributed by atoms with E-state index in [1.54, 1.807) is 31.2 Å². The Balaban J connectivity index is 2.64. The fraction of sp³-hybridized carbons (Fsp3) is 0.455. The van der Waals surface area contributed by atoms with Gasteiger partial charge in [0.15, 0.2) is 0 Å². The van der Waals surface area contributed by atoms with Crippen LogP contribution in [0.2, 0.25) is 0 Å². The molecule has 6 heteroatoms. The first kappa shape index (κ1) is 14.0. The standard InChI is InChI=1S/C11H18N2O3S/c1-9(16-2)7-13-17(14,15)8-10-5-3-4-6-11(10)12/h3-6,9,13H,7-8,12H2,1-2H3. The van der Waals surface area contributed by atoms with E-state index in [1.807, 2.05) is 0 Å². The van der Waals surface area contributed by atoms with Crippen molar-refractivity contribution in [1.29, 1.82) is 0 Å². The predicted molar refractivity (Wildman–Crippen MR) is 68.0 cm³/mol. The number of nitrogens with two attached hydrogens (primary N) is 1. The van der Waals surface area contributed by atoms with Crippen molar-refractivity contribution in [3.8, 4) is 0 Å². The quantitative estimate of drug-likeness (QED) is 0.737. The minimum atomic E-state index is -3.37. The fourth-order valence-electron chi connectivity index (χ4n) is 1.25. The molecule has 3 N–H and O–H groups in total. The van der Waals surface area contributed by atoms with Crippen LogP contribution in [-0.4, -0.2) is 28.2 Å². The highest BCUT2D eigenvalue weighted by molar-refractivity contribution is 7.88. The summed E-state index contributed by atoms with van der Waals surface area (Å²) in [5, 5.41) is 0. The Morgan fingerprint density at radius 3 is 2.65 bits per heavy atom. The molecule has 0 spiro atoms. The third-order valence-corrected chi connectivity index (χ3v) is 3.69. The molecule has 96 valence electrons. The summed E-state index contributed by atoms with van der Waals surface area (Å²) in [5.41, 5.74) is 6.78. The van der Waals surface area contributed by atoms with Gasteiger partial charge in [-0.3, -0.25) is 0 Å². The van der Waals surface area contributed by atoms with E-state index in [2.05, 4.69) is 4.72 Å². The molecule has 0 saturated heterocycles. The predicted octanol–water partition coefficient (Wildman–Crippen LogP) is 0.723. The molecule has 0 fully saturated rings. The number of sulfonamides is 1. The zero-order valence-corrected chi connectivity index (χ0v) is 10.8. The molecular weight excluding hydrogens is 240 g/mol. The van der Waals surface area contributed by atoms with E-state index in [9.17, 15) is 8.42 Å². The van der Waals surface area contributed by atoms with Gasteiger partial charge in [0.05, 0.1) is 11.9 Å². The summed E-state index contributed by atoms with van der Waals surface area (Å²) in [5.74, 6) is -0.115. The third kappa shape index (κ3) is 4.72. The molecule has 17 heavy (non-hydrogen) atoms. The van der Waals surface area contributed by atoms with Crippen molar-refractivity contribution < 1.29 is 13.2 Å². The zero-order chi connectivity index (χ0) is 12.9. The monoisotopic (exact) mass is 258 g/mol. The normalized spacial score (nSPS) is 13.5. The van der Waals surface area contributed by atoms with E-state index in [0.29, 0.717) is 11.3 Å². The third-order valence-electron chi connectivity index (χ3n) is 2.39. The van der Waals surface area contributed by atoms with E-state index >= 15 is 0 Å². The lowest BCUT2D eigenvalue weighted by Gasteiger charge is -2.12. The van der Waals surface area contributed by atoms with Crippen molar-refractivity contribution in [1.82, 2.24) is 4.72 Å². The number of anilines is 1. The second-order valence-electron chi connectivity index (χ2n) is 3.85. The van der Waals surface area contributed by atoms with Crippen LogP contribution in [-0.2, 0) is 20.5 Å². The van der Waals surface area contributed by atoms with Gasteiger partial charge in [-0.1, -0.05) is 18.2 Å². The van der Waals surface area contributed by atoms with Gasteiger partial charge in [0.2, 0.25) is 10.0 Å². The van der Waals surface area contributed by atoms with Gasteiger partial charge in [-0.2, -0.15) is 0 Å². The van der Waals surface area contributed by atoms with Gasteiger partial charge in [-0.15, -0.1) is 0 Å². The van der Waals surface area contributed by atoms with Crippen molar-refractivity contribution in [3.63, 3.8) is 0 Å². The van der Waals surface area contributed by atoms with E-state index < -0.39 is 10.0 Å². The van der Waals surface area contributed by atoms with Gasteiger partial charge >= 0.3 is 0 Å². The van der Waals surface area contributed by atoms with Crippen LogP contribution in [0.4, 0.5) is 5.69 Å². The molecule has 0 saturated carbocycles. The van der Waals surface area contributed by atoms with Crippen LogP contribution in [0.1, 0.15) is 12.5 Å². The smallest absolute Gasteiger partial charge is 0.215 e. The summed E-state index contributed by atoms with van der Waals surface area (Å²) in [6.07, 6.45) is -0.155. The zero-order valence-electron chi connectivity index (χ0n) is 10.0.